The summed E-state index contributed by atoms with van der Waals surface area (Å²) < 4.78 is 5.68. The minimum Gasteiger partial charge on any atom is -0.493 e. The summed E-state index contributed by atoms with van der Waals surface area (Å²) >= 11 is 6.15. The molecule has 2 nitrogen and oxygen atoms in total. The second-order valence-electron chi connectivity index (χ2n) is 5.75. The van der Waals surface area contributed by atoms with Crippen molar-refractivity contribution in [2.45, 2.75) is 25.2 Å². The molecule has 0 saturated heterocycles. The molecule has 1 aliphatic carbocycles. The second-order valence-corrected chi connectivity index (χ2v) is 6.19. The van der Waals surface area contributed by atoms with E-state index in [-0.39, 0.29) is 11.7 Å². The van der Waals surface area contributed by atoms with Gasteiger partial charge < -0.3 is 4.74 Å². The van der Waals surface area contributed by atoms with Crippen LogP contribution in [0.15, 0.2) is 36.4 Å². The van der Waals surface area contributed by atoms with E-state index in [2.05, 4.69) is 12.1 Å². The van der Waals surface area contributed by atoms with E-state index in [9.17, 15) is 4.79 Å². The van der Waals surface area contributed by atoms with E-state index in [0.29, 0.717) is 18.1 Å². The number of hydrogen-bond donors (Lipinski definition) is 0. The fourth-order valence-corrected chi connectivity index (χ4v) is 3.60. The fourth-order valence-electron chi connectivity index (χ4n) is 3.33. The molecule has 21 heavy (non-hydrogen) atoms. The fraction of sp³-hybridized carbons (Fsp3) is 0.278. The Bertz CT molecular complexity index is 736. The second kappa shape index (κ2) is 4.88. The zero-order valence-corrected chi connectivity index (χ0v) is 12.3. The Kier molecular flexibility index (Phi) is 3.00. The Morgan fingerprint density at radius 3 is 2.95 bits per heavy atom. The van der Waals surface area contributed by atoms with E-state index in [1.165, 1.54) is 11.1 Å². The lowest BCUT2D eigenvalue weighted by atomic mass is 9.74. The third-order valence-corrected chi connectivity index (χ3v) is 4.65. The Morgan fingerprint density at radius 1 is 1.24 bits per heavy atom. The van der Waals surface area contributed by atoms with Crippen molar-refractivity contribution in [1.29, 1.82) is 0 Å². The summed E-state index contributed by atoms with van der Waals surface area (Å²) in [5.74, 6) is 1.17. The van der Waals surface area contributed by atoms with Crippen molar-refractivity contribution in [2.24, 2.45) is 0 Å². The Morgan fingerprint density at radius 2 is 2.10 bits per heavy atom. The largest absolute Gasteiger partial charge is 0.493 e. The van der Waals surface area contributed by atoms with Crippen LogP contribution in [0.5, 0.6) is 5.75 Å². The first-order chi connectivity index (χ1) is 10.2. The molecular formula is C18H15ClO2. The monoisotopic (exact) mass is 298 g/mol. The number of ether oxygens (including phenoxy) is 1. The first-order valence-corrected chi connectivity index (χ1v) is 7.65. The van der Waals surface area contributed by atoms with Crippen LogP contribution in [0.1, 0.15) is 28.2 Å². The van der Waals surface area contributed by atoms with E-state index >= 15 is 0 Å². The molecule has 106 valence electrons. The highest BCUT2D eigenvalue weighted by molar-refractivity contribution is 6.30. The standard InChI is InChI=1S/C18H15ClO2/c19-14-7-12-5-6-21-18(12)13(8-14)10-17(20)16-9-11-3-1-2-4-15(11)16/h1-4,7-8,16H,5-6,9-10H2. The number of carbonyl (C=O) groups excluding carboxylic acids is 1. The molecule has 0 amide bonds. The highest BCUT2D eigenvalue weighted by Gasteiger charge is 2.32. The molecule has 1 atom stereocenters. The van der Waals surface area contributed by atoms with Crippen molar-refractivity contribution in [2.75, 3.05) is 6.61 Å². The molecule has 0 bridgehead atoms. The minimum atomic E-state index is 0.0391. The van der Waals surface area contributed by atoms with Crippen LogP contribution in [-0.4, -0.2) is 12.4 Å². The maximum absolute atomic E-state index is 12.6. The number of carbonyl (C=O) groups is 1. The van der Waals surface area contributed by atoms with Gasteiger partial charge in [0.2, 0.25) is 0 Å². The maximum Gasteiger partial charge on any atom is 0.145 e. The van der Waals surface area contributed by atoms with Gasteiger partial charge in [-0.15, -0.1) is 0 Å². The summed E-state index contributed by atoms with van der Waals surface area (Å²) in [7, 11) is 0. The van der Waals surface area contributed by atoms with Crippen LogP contribution >= 0.6 is 11.6 Å². The van der Waals surface area contributed by atoms with E-state index in [1.54, 1.807) is 0 Å². The van der Waals surface area contributed by atoms with Crippen molar-refractivity contribution in [3.63, 3.8) is 0 Å². The third kappa shape index (κ3) is 2.14. The number of Topliss-reactive ketones (excluding diaryl/α,β-unsaturated/α-hetero) is 1. The maximum atomic E-state index is 12.6. The first-order valence-electron chi connectivity index (χ1n) is 7.27. The van der Waals surface area contributed by atoms with Gasteiger partial charge in [-0.2, -0.15) is 0 Å². The Hall–Kier alpha value is -1.80. The van der Waals surface area contributed by atoms with Gasteiger partial charge in [-0.05, 0) is 35.2 Å². The van der Waals surface area contributed by atoms with Crippen molar-refractivity contribution in [3.05, 3.63) is 63.7 Å². The Labute approximate surface area is 128 Å². The van der Waals surface area contributed by atoms with Gasteiger partial charge in [0.05, 0.1) is 6.61 Å². The van der Waals surface area contributed by atoms with Crippen molar-refractivity contribution < 1.29 is 9.53 Å². The molecular weight excluding hydrogens is 284 g/mol. The zero-order chi connectivity index (χ0) is 14.4. The third-order valence-electron chi connectivity index (χ3n) is 4.43. The molecule has 4 rings (SSSR count). The van der Waals surface area contributed by atoms with Gasteiger partial charge in [-0.25, -0.2) is 0 Å². The van der Waals surface area contributed by atoms with Crippen molar-refractivity contribution >= 4 is 17.4 Å². The predicted octanol–water partition coefficient (Wildman–Crippen LogP) is 3.73. The topological polar surface area (TPSA) is 26.3 Å². The van der Waals surface area contributed by atoms with Crippen LogP contribution in [0.4, 0.5) is 0 Å². The molecule has 0 radical (unpaired) electrons. The molecule has 2 aliphatic rings. The van der Waals surface area contributed by atoms with Crippen molar-refractivity contribution in [3.8, 4) is 5.75 Å². The molecule has 2 aromatic rings. The summed E-state index contributed by atoms with van der Waals surface area (Å²) in [5.41, 5.74) is 4.54. The number of halogens is 1. The predicted molar refractivity (Wildman–Crippen MR) is 82.2 cm³/mol. The highest BCUT2D eigenvalue weighted by atomic mass is 35.5. The lowest BCUT2D eigenvalue weighted by molar-refractivity contribution is -0.120. The number of ketones is 1. The number of rotatable bonds is 3. The average Bonchev–Trinajstić information content (AvgIpc) is 2.88. The normalized spacial score (nSPS) is 18.4. The molecule has 1 unspecified atom stereocenters. The molecule has 1 heterocycles. The average molecular weight is 299 g/mol. The molecule has 2 aromatic carbocycles. The van der Waals surface area contributed by atoms with E-state index in [4.69, 9.17) is 16.3 Å². The summed E-state index contributed by atoms with van der Waals surface area (Å²) in [6.45, 7) is 0.684. The van der Waals surface area contributed by atoms with Gasteiger partial charge in [0, 0.05) is 29.3 Å². The quantitative estimate of drug-likeness (QED) is 0.863. The van der Waals surface area contributed by atoms with Gasteiger partial charge in [0.1, 0.15) is 11.5 Å². The molecule has 0 spiro atoms. The summed E-state index contributed by atoms with van der Waals surface area (Å²) in [4.78, 5) is 12.6. The molecule has 0 fully saturated rings. The summed E-state index contributed by atoms with van der Waals surface area (Å²) in [6.07, 6.45) is 2.14. The zero-order valence-electron chi connectivity index (χ0n) is 11.6. The van der Waals surface area contributed by atoms with Crippen LogP contribution in [0.2, 0.25) is 5.02 Å². The smallest absolute Gasteiger partial charge is 0.145 e. The highest BCUT2D eigenvalue weighted by Crippen LogP contribution is 2.38. The summed E-state index contributed by atoms with van der Waals surface area (Å²) in [5, 5.41) is 0.691. The van der Waals surface area contributed by atoms with Crippen LogP contribution in [0.3, 0.4) is 0 Å². The lowest BCUT2D eigenvalue weighted by Gasteiger charge is -2.29. The van der Waals surface area contributed by atoms with E-state index < -0.39 is 0 Å². The first kappa shape index (κ1) is 12.9. The SMILES string of the molecule is O=C(Cc1cc(Cl)cc2c1OCC2)C1Cc2ccccc21. The van der Waals surface area contributed by atoms with E-state index in [1.807, 2.05) is 24.3 Å². The van der Waals surface area contributed by atoms with Crippen LogP contribution < -0.4 is 4.74 Å². The molecule has 0 aromatic heterocycles. The Balaban J connectivity index is 1.59. The molecule has 3 heteroatoms. The van der Waals surface area contributed by atoms with Gasteiger partial charge in [-0.1, -0.05) is 35.9 Å². The molecule has 1 aliphatic heterocycles. The van der Waals surface area contributed by atoms with Crippen LogP contribution in [0, 0.1) is 0 Å². The van der Waals surface area contributed by atoms with Gasteiger partial charge >= 0.3 is 0 Å². The van der Waals surface area contributed by atoms with Crippen LogP contribution in [0.25, 0.3) is 0 Å². The van der Waals surface area contributed by atoms with Crippen LogP contribution in [-0.2, 0) is 24.1 Å². The lowest BCUT2D eigenvalue weighted by Crippen LogP contribution is -2.26. The molecule has 0 saturated carbocycles. The number of fused-ring (bicyclic) bond motifs is 2. The minimum absolute atomic E-state index is 0.0391. The number of hydrogen-bond acceptors (Lipinski definition) is 2. The van der Waals surface area contributed by atoms with Gasteiger partial charge in [0.25, 0.3) is 0 Å². The summed E-state index contributed by atoms with van der Waals surface area (Å²) in [6, 6.07) is 12.0. The van der Waals surface area contributed by atoms with E-state index in [0.717, 1.165) is 29.7 Å². The van der Waals surface area contributed by atoms with Gasteiger partial charge in [-0.3, -0.25) is 4.79 Å². The van der Waals surface area contributed by atoms with Gasteiger partial charge in [0.15, 0.2) is 0 Å². The molecule has 0 N–H and O–H groups in total. The number of benzene rings is 2. The van der Waals surface area contributed by atoms with Crippen molar-refractivity contribution in [1.82, 2.24) is 0 Å².